The summed E-state index contributed by atoms with van der Waals surface area (Å²) in [5.74, 6) is 0.596. The van der Waals surface area contributed by atoms with Gasteiger partial charge in [-0.25, -0.2) is 0 Å². The van der Waals surface area contributed by atoms with Gasteiger partial charge in [-0.1, -0.05) is 15.9 Å². The van der Waals surface area contributed by atoms with Crippen LogP contribution >= 0.6 is 15.9 Å². The normalized spacial score (nSPS) is 14.4. The number of halogens is 1. The number of rotatable bonds is 6. The molecular weight excluding hydrogens is 404 g/mol. The van der Waals surface area contributed by atoms with Crippen molar-refractivity contribution in [2.45, 2.75) is 26.2 Å². The van der Waals surface area contributed by atoms with E-state index in [1.54, 1.807) is 6.08 Å². The first-order valence-corrected chi connectivity index (χ1v) is 10.2. The molecule has 1 N–H and O–H groups in total. The van der Waals surface area contributed by atoms with E-state index < -0.39 is 0 Å². The summed E-state index contributed by atoms with van der Waals surface area (Å²) in [6, 6.07) is 13.8. The van der Waals surface area contributed by atoms with Crippen LogP contribution in [-0.2, 0) is 4.79 Å². The zero-order valence-corrected chi connectivity index (χ0v) is 17.2. The SMILES string of the molecule is CCOc1ccc(Br)cc1C=CC(=O)Nc1ccc(N2CCCCC2)cc1. The third-order valence-corrected chi connectivity index (χ3v) is 5.04. The predicted octanol–water partition coefficient (Wildman–Crippen LogP) is 5.49. The molecule has 4 nitrogen and oxygen atoms in total. The lowest BCUT2D eigenvalue weighted by Crippen LogP contribution is -2.29. The van der Waals surface area contributed by atoms with Gasteiger partial charge < -0.3 is 15.0 Å². The molecule has 1 amide bonds. The lowest BCUT2D eigenvalue weighted by Gasteiger charge is -2.28. The molecule has 2 aromatic rings. The molecule has 1 aliphatic rings. The predicted molar refractivity (Wildman–Crippen MR) is 115 cm³/mol. The average molecular weight is 429 g/mol. The summed E-state index contributed by atoms with van der Waals surface area (Å²) in [4.78, 5) is 14.7. The van der Waals surface area contributed by atoms with E-state index in [1.807, 2.05) is 37.3 Å². The molecule has 0 unspecified atom stereocenters. The summed E-state index contributed by atoms with van der Waals surface area (Å²) < 4.78 is 6.55. The monoisotopic (exact) mass is 428 g/mol. The number of piperidine rings is 1. The summed E-state index contributed by atoms with van der Waals surface area (Å²) in [6.45, 7) is 4.75. The smallest absolute Gasteiger partial charge is 0.248 e. The molecule has 3 rings (SSSR count). The molecule has 27 heavy (non-hydrogen) atoms. The fraction of sp³-hybridized carbons (Fsp3) is 0.318. The topological polar surface area (TPSA) is 41.6 Å². The van der Waals surface area contributed by atoms with Crippen molar-refractivity contribution < 1.29 is 9.53 Å². The molecule has 1 aliphatic heterocycles. The Morgan fingerprint density at radius 3 is 2.59 bits per heavy atom. The van der Waals surface area contributed by atoms with E-state index in [-0.39, 0.29) is 5.91 Å². The van der Waals surface area contributed by atoms with Gasteiger partial charge in [-0.05, 0) is 74.7 Å². The second-order valence-corrected chi connectivity index (χ2v) is 7.45. The van der Waals surface area contributed by atoms with Crippen molar-refractivity contribution >= 4 is 39.3 Å². The number of nitrogens with one attached hydrogen (secondary N) is 1. The first-order valence-electron chi connectivity index (χ1n) is 9.42. The molecule has 0 aromatic heterocycles. The average Bonchev–Trinajstić information content (AvgIpc) is 2.69. The third-order valence-electron chi connectivity index (χ3n) is 4.54. The maximum absolute atomic E-state index is 12.3. The summed E-state index contributed by atoms with van der Waals surface area (Å²) in [5, 5.41) is 2.91. The standard InChI is InChI=1S/C22H25BrN2O2/c1-2-27-21-12-7-18(23)16-17(21)6-13-22(26)24-19-8-10-20(11-9-19)25-14-4-3-5-15-25/h6-13,16H,2-5,14-15H2,1H3,(H,24,26). The number of anilines is 2. The van der Waals surface area contributed by atoms with E-state index in [1.165, 1.54) is 31.0 Å². The molecule has 142 valence electrons. The highest BCUT2D eigenvalue weighted by molar-refractivity contribution is 9.10. The van der Waals surface area contributed by atoms with E-state index in [4.69, 9.17) is 4.74 Å². The Kier molecular flexibility index (Phi) is 6.93. The summed E-state index contributed by atoms with van der Waals surface area (Å²) in [5.41, 5.74) is 2.88. The molecule has 0 radical (unpaired) electrons. The highest BCUT2D eigenvalue weighted by Gasteiger charge is 2.10. The maximum atomic E-state index is 12.3. The van der Waals surface area contributed by atoms with Gasteiger partial charge in [0.25, 0.3) is 0 Å². The summed E-state index contributed by atoms with van der Waals surface area (Å²) in [7, 11) is 0. The summed E-state index contributed by atoms with van der Waals surface area (Å²) in [6.07, 6.45) is 7.13. The van der Waals surface area contributed by atoms with Gasteiger partial charge in [0, 0.05) is 40.6 Å². The van der Waals surface area contributed by atoms with Crippen LogP contribution in [-0.4, -0.2) is 25.6 Å². The van der Waals surface area contributed by atoms with Crippen molar-refractivity contribution in [1.29, 1.82) is 0 Å². The first kappa shape index (κ1) is 19.5. The minimum Gasteiger partial charge on any atom is -0.493 e. The number of amides is 1. The van der Waals surface area contributed by atoms with Gasteiger partial charge in [0.1, 0.15) is 5.75 Å². The molecule has 1 saturated heterocycles. The molecule has 0 spiro atoms. The number of ether oxygens (including phenoxy) is 1. The van der Waals surface area contributed by atoms with E-state index >= 15 is 0 Å². The Morgan fingerprint density at radius 1 is 1.15 bits per heavy atom. The van der Waals surface area contributed by atoms with Crippen LogP contribution < -0.4 is 15.0 Å². The van der Waals surface area contributed by atoms with Crippen LogP contribution in [0.5, 0.6) is 5.75 Å². The lowest BCUT2D eigenvalue weighted by molar-refractivity contribution is -0.111. The van der Waals surface area contributed by atoms with Crippen LogP contribution in [0.25, 0.3) is 6.08 Å². The molecular formula is C22H25BrN2O2. The Morgan fingerprint density at radius 2 is 1.89 bits per heavy atom. The molecule has 0 aliphatic carbocycles. The zero-order valence-electron chi connectivity index (χ0n) is 15.6. The Bertz CT molecular complexity index is 796. The number of hydrogen-bond acceptors (Lipinski definition) is 3. The molecule has 1 fully saturated rings. The maximum Gasteiger partial charge on any atom is 0.248 e. The fourth-order valence-corrected chi connectivity index (χ4v) is 3.57. The van der Waals surface area contributed by atoms with E-state index in [0.29, 0.717) is 6.61 Å². The number of carbonyl (C=O) groups excluding carboxylic acids is 1. The summed E-state index contributed by atoms with van der Waals surface area (Å²) >= 11 is 3.45. The molecule has 2 aromatic carbocycles. The van der Waals surface area contributed by atoms with Crippen molar-refractivity contribution in [3.8, 4) is 5.75 Å². The van der Waals surface area contributed by atoms with Crippen LogP contribution in [0.2, 0.25) is 0 Å². The number of hydrogen-bond donors (Lipinski definition) is 1. The van der Waals surface area contributed by atoms with Crippen molar-refractivity contribution in [2.75, 3.05) is 29.9 Å². The second kappa shape index (κ2) is 9.60. The van der Waals surface area contributed by atoms with E-state index in [9.17, 15) is 4.79 Å². The van der Waals surface area contributed by atoms with Gasteiger partial charge in [-0.2, -0.15) is 0 Å². The van der Waals surface area contributed by atoms with Gasteiger partial charge >= 0.3 is 0 Å². The van der Waals surface area contributed by atoms with Gasteiger partial charge in [0.15, 0.2) is 0 Å². The Balaban J connectivity index is 1.62. The number of benzene rings is 2. The molecule has 0 atom stereocenters. The number of nitrogens with zero attached hydrogens (tertiary/aromatic N) is 1. The molecule has 0 saturated carbocycles. The first-order chi connectivity index (χ1) is 13.2. The zero-order chi connectivity index (χ0) is 19.1. The minimum atomic E-state index is -0.164. The van der Waals surface area contributed by atoms with Gasteiger partial charge in [-0.3, -0.25) is 4.79 Å². The van der Waals surface area contributed by atoms with Crippen molar-refractivity contribution in [2.24, 2.45) is 0 Å². The van der Waals surface area contributed by atoms with Crippen LogP contribution in [0.1, 0.15) is 31.7 Å². The van der Waals surface area contributed by atoms with Gasteiger partial charge in [-0.15, -0.1) is 0 Å². The number of carbonyl (C=O) groups is 1. The van der Waals surface area contributed by atoms with Crippen LogP contribution in [0.3, 0.4) is 0 Å². The highest BCUT2D eigenvalue weighted by Crippen LogP contribution is 2.25. The third kappa shape index (κ3) is 5.60. The fourth-order valence-electron chi connectivity index (χ4n) is 3.19. The van der Waals surface area contributed by atoms with Gasteiger partial charge in [0.05, 0.1) is 6.61 Å². The van der Waals surface area contributed by atoms with Crippen molar-refractivity contribution in [1.82, 2.24) is 0 Å². The molecule has 1 heterocycles. The molecule has 0 bridgehead atoms. The largest absolute Gasteiger partial charge is 0.493 e. The van der Waals surface area contributed by atoms with Crippen molar-refractivity contribution in [3.63, 3.8) is 0 Å². The van der Waals surface area contributed by atoms with Crippen LogP contribution in [0.15, 0.2) is 53.0 Å². The van der Waals surface area contributed by atoms with Crippen LogP contribution in [0, 0.1) is 0 Å². The minimum absolute atomic E-state index is 0.164. The van der Waals surface area contributed by atoms with Gasteiger partial charge in [0.2, 0.25) is 5.91 Å². The highest BCUT2D eigenvalue weighted by atomic mass is 79.9. The molecule has 5 heteroatoms. The Labute approximate surface area is 169 Å². The second-order valence-electron chi connectivity index (χ2n) is 6.53. The quantitative estimate of drug-likeness (QED) is 0.618. The van der Waals surface area contributed by atoms with Crippen LogP contribution in [0.4, 0.5) is 11.4 Å². The van der Waals surface area contributed by atoms with E-state index in [0.717, 1.165) is 34.6 Å². The van der Waals surface area contributed by atoms with E-state index in [2.05, 4.69) is 38.3 Å². The van der Waals surface area contributed by atoms with Crippen molar-refractivity contribution in [3.05, 3.63) is 58.6 Å². The Hall–Kier alpha value is -2.27. The lowest BCUT2D eigenvalue weighted by atomic mass is 10.1.